The fraction of sp³-hybridized carbons (Fsp3) is 0.857. The molecule has 1 heterocycles. The molecule has 0 aliphatic carbocycles. The number of morpholine rings is 1. The Morgan fingerprint density at radius 2 is 1.35 bits per heavy atom. The first kappa shape index (κ1) is 16.8. The van der Waals surface area contributed by atoms with Gasteiger partial charge in [0.25, 0.3) is 0 Å². The minimum absolute atomic E-state index is 0.347. The third-order valence-corrected chi connectivity index (χ3v) is 2.03. The fourth-order valence-corrected chi connectivity index (χ4v) is 1.19. The number of carbonyl (C=O) groups is 1. The Morgan fingerprint density at radius 3 is 1.65 bits per heavy atom. The Hall–Kier alpha value is -1.24. The number of ether oxygens (including phenoxy) is 2. The summed E-state index contributed by atoms with van der Waals surface area (Å²) in [5.74, 6) is -1.79. The second kappa shape index (κ2) is 4.38. The Balaban J connectivity index is 3.35. The van der Waals surface area contributed by atoms with Crippen LogP contribution < -0.4 is 0 Å². The van der Waals surface area contributed by atoms with Crippen molar-refractivity contribution in [2.24, 2.45) is 0 Å². The summed E-state index contributed by atoms with van der Waals surface area (Å²) in [5, 5.41) is 0. The highest BCUT2D eigenvalue weighted by Crippen LogP contribution is 2.56. The van der Waals surface area contributed by atoms with Crippen molar-refractivity contribution in [3.05, 3.63) is 0 Å². The molecule has 0 spiro atoms. The van der Waals surface area contributed by atoms with Crippen LogP contribution in [0.25, 0.3) is 0 Å². The van der Waals surface area contributed by atoms with Gasteiger partial charge in [-0.25, -0.2) is 4.74 Å². The molecule has 4 nitrogen and oxygen atoms in total. The van der Waals surface area contributed by atoms with E-state index in [9.17, 15) is 44.3 Å². The number of alkyl halides is 9. The van der Waals surface area contributed by atoms with E-state index < -0.39 is 41.7 Å². The average molecular weight is 321 g/mol. The molecule has 0 saturated carbocycles. The molecule has 0 bridgehead atoms. The molecule has 1 unspecified atom stereocenters. The number of esters is 1. The highest BCUT2D eigenvalue weighted by Gasteiger charge is 2.84. The zero-order chi connectivity index (χ0) is 16.1. The van der Waals surface area contributed by atoms with Gasteiger partial charge in [-0.05, 0) is 0 Å². The van der Waals surface area contributed by atoms with Crippen molar-refractivity contribution in [1.29, 1.82) is 0 Å². The van der Waals surface area contributed by atoms with Crippen LogP contribution in [0, 0.1) is 0 Å². The third-order valence-electron chi connectivity index (χ3n) is 2.03. The first-order valence-corrected chi connectivity index (χ1v) is 4.49. The summed E-state index contributed by atoms with van der Waals surface area (Å²) in [6.07, 6.45) is -12.3. The van der Waals surface area contributed by atoms with Crippen molar-refractivity contribution < 1.29 is 53.8 Å². The zero-order valence-corrected chi connectivity index (χ0v) is 9.15. The first-order chi connectivity index (χ1) is 8.67. The van der Waals surface area contributed by atoms with Crippen molar-refractivity contribution in [1.82, 2.24) is 4.90 Å². The lowest BCUT2D eigenvalue weighted by Gasteiger charge is -2.47. The molecule has 118 valence electrons. The first-order valence-electron chi connectivity index (χ1n) is 4.49. The molecule has 13 heteroatoms. The van der Waals surface area contributed by atoms with Gasteiger partial charge in [-0.2, -0.15) is 39.5 Å². The Kier molecular flexibility index (Phi) is 3.68. The summed E-state index contributed by atoms with van der Waals surface area (Å²) in [7, 11) is 0. The number of rotatable bonds is 2. The van der Waals surface area contributed by atoms with Gasteiger partial charge < -0.3 is 4.74 Å². The summed E-state index contributed by atoms with van der Waals surface area (Å²) in [5.41, 5.74) is 0. The second-order valence-electron chi connectivity index (χ2n) is 3.49. The molecule has 0 aromatic rings. The molecule has 1 saturated heterocycles. The topological polar surface area (TPSA) is 38.8 Å². The van der Waals surface area contributed by atoms with E-state index in [0.717, 1.165) is 0 Å². The number of halogens is 9. The minimum Gasteiger partial charge on any atom is -0.417 e. The van der Waals surface area contributed by atoms with Crippen LogP contribution in [-0.4, -0.2) is 41.7 Å². The molecule has 0 aromatic carbocycles. The van der Waals surface area contributed by atoms with Crippen molar-refractivity contribution in [3.8, 4) is 0 Å². The average Bonchev–Trinajstić information content (AvgIpc) is 2.10. The van der Waals surface area contributed by atoms with Gasteiger partial charge in [-0.1, -0.05) is 0 Å². The number of carbonyl (C=O) groups excluding carboxylic acids is 1. The van der Waals surface area contributed by atoms with E-state index in [-0.39, 0.29) is 0 Å². The van der Waals surface area contributed by atoms with Crippen LogP contribution >= 0.6 is 0 Å². The van der Waals surface area contributed by atoms with Crippen LogP contribution in [0.15, 0.2) is 0 Å². The lowest BCUT2D eigenvalue weighted by atomic mass is 10.3. The normalized spacial score (nSPS) is 28.7. The molecule has 20 heavy (non-hydrogen) atoms. The molecule has 1 rings (SSSR count). The van der Waals surface area contributed by atoms with E-state index in [1.165, 1.54) is 0 Å². The van der Waals surface area contributed by atoms with Crippen LogP contribution in [0.5, 0.6) is 0 Å². The van der Waals surface area contributed by atoms with Gasteiger partial charge in [0.1, 0.15) is 0 Å². The van der Waals surface area contributed by atoms with Gasteiger partial charge in [0.05, 0.1) is 0 Å². The highest BCUT2D eigenvalue weighted by molar-refractivity contribution is 5.66. The summed E-state index contributed by atoms with van der Waals surface area (Å²) in [6.45, 7) is -3.92. The van der Waals surface area contributed by atoms with Crippen LogP contribution in [0.4, 0.5) is 39.5 Å². The van der Waals surface area contributed by atoms with E-state index in [1.807, 2.05) is 0 Å². The maximum Gasteiger partial charge on any atom is 0.439 e. The molecule has 0 aromatic heterocycles. The van der Waals surface area contributed by atoms with Gasteiger partial charge >= 0.3 is 36.8 Å². The van der Waals surface area contributed by atoms with Crippen molar-refractivity contribution >= 4 is 5.97 Å². The van der Waals surface area contributed by atoms with E-state index in [4.69, 9.17) is 0 Å². The molecule has 1 aliphatic heterocycles. The lowest BCUT2D eigenvalue weighted by Crippen LogP contribution is -2.75. The number of hydrogen-bond donors (Lipinski definition) is 0. The van der Waals surface area contributed by atoms with E-state index >= 15 is 0 Å². The predicted octanol–water partition coefficient (Wildman–Crippen LogP) is 2.51. The van der Waals surface area contributed by atoms with Gasteiger partial charge in [-0.15, -0.1) is 4.90 Å². The SMILES string of the molecule is CC(=O)OC(F)N1C(F)(F)C(F)(F)OC(F)(F)C1(F)F. The fourth-order valence-electron chi connectivity index (χ4n) is 1.19. The zero-order valence-electron chi connectivity index (χ0n) is 9.15. The van der Waals surface area contributed by atoms with Crippen molar-refractivity contribution in [2.45, 2.75) is 37.7 Å². The molecule has 1 aliphatic rings. The maximum atomic E-state index is 13.0. The largest absolute Gasteiger partial charge is 0.439 e. The van der Waals surface area contributed by atoms with Crippen molar-refractivity contribution in [3.63, 3.8) is 0 Å². The molecular formula is C7H4F9NO3. The Labute approximate surface area is 104 Å². The summed E-state index contributed by atoms with van der Waals surface area (Å²) < 4.78 is 121. The quantitative estimate of drug-likeness (QED) is 0.445. The molecular weight excluding hydrogens is 317 g/mol. The predicted molar refractivity (Wildman–Crippen MR) is 39.4 cm³/mol. The maximum absolute atomic E-state index is 13.0. The lowest BCUT2D eigenvalue weighted by molar-refractivity contribution is -0.577. The van der Waals surface area contributed by atoms with E-state index in [0.29, 0.717) is 6.92 Å². The summed E-state index contributed by atoms with van der Waals surface area (Å²) in [6, 6.07) is -12.4. The smallest absolute Gasteiger partial charge is 0.417 e. The molecule has 0 amide bonds. The van der Waals surface area contributed by atoms with Crippen LogP contribution in [0.2, 0.25) is 0 Å². The molecule has 0 radical (unpaired) electrons. The van der Waals surface area contributed by atoms with E-state index in [2.05, 4.69) is 9.47 Å². The van der Waals surface area contributed by atoms with Crippen LogP contribution in [0.1, 0.15) is 6.92 Å². The highest BCUT2D eigenvalue weighted by atomic mass is 19.4. The van der Waals surface area contributed by atoms with Gasteiger partial charge in [0.2, 0.25) is 0 Å². The monoisotopic (exact) mass is 321 g/mol. The Morgan fingerprint density at radius 1 is 1.00 bits per heavy atom. The minimum atomic E-state index is -6.22. The van der Waals surface area contributed by atoms with Crippen molar-refractivity contribution in [2.75, 3.05) is 0 Å². The second-order valence-corrected chi connectivity index (χ2v) is 3.49. The summed E-state index contributed by atoms with van der Waals surface area (Å²) >= 11 is 0. The van der Waals surface area contributed by atoms with Gasteiger partial charge in [0.15, 0.2) is 0 Å². The number of hydrogen-bond acceptors (Lipinski definition) is 4. The number of nitrogens with zero attached hydrogens (tertiary/aromatic N) is 1. The molecule has 1 fully saturated rings. The third kappa shape index (κ3) is 2.28. The Bertz CT molecular complexity index is 386. The van der Waals surface area contributed by atoms with E-state index in [1.54, 1.807) is 0 Å². The van der Waals surface area contributed by atoms with Crippen LogP contribution in [-0.2, 0) is 14.3 Å². The molecule has 0 N–H and O–H groups in total. The van der Waals surface area contributed by atoms with Gasteiger partial charge in [0, 0.05) is 6.92 Å². The molecule has 1 atom stereocenters. The summed E-state index contributed by atoms with van der Waals surface area (Å²) in [4.78, 5) is 7.69. The standard InChI is InChI=1S/C7H4F9NO3/c1-2(18)19-3(8)17-4(9,10)6(13,14)20-7(15,16)5(17,11)12/h3H,1H3. The van der Waals surface area contributed by atoms with Gasteiger partial charge in [-0.3, -0.25) is 4.79 Å². The van der Waals surface area contributed by atoms with Crippen LogP contribution in [0.3, 0.4) is 0 Å².